The summed E-state index contributed by atoms with van der Waals surface area (Å²) in [6, 6.07) is 29.7. The van der Waals surface area contributed by atoms with Crippen molar-refractivity contribution in [1.82, 2.24) is 10.2 Å². The van der Waals surface area contributed by atoms with Crippen molar-refractivity contribution >= 4 is 39.1 Å². The van der Waals surface area contributed by atoms with Crippen molar-refractivity contribution in [2.45, 2.75) is 43.8 Å². The number of carbonyl (C=O) groups is 2. The third-order valence-corrected chi connectivity index (χ3v) is 8.94. The summed E-state index contributed by atoms with van der Waals surface area (Å²) in [7, 11) is -2.71. The van der Waals surface area contributed by atoms with Crippen LogP contribution >= 0.6 is 11.6 Å². The molecule has 0 radical (unpaired) electrons. The third kappa shape index (κ3) is 8.39. The first-order valence-corrected chi connectivity index (χ1v) is 16.0. The van der Waals surface area contributed by atoms with Crippen LogP contribution in [0.3, 0.4) is 0 Å². The zero-order chi connectivity index (χ0) is 31.7. The second kappa shape index (κ2) is 14.9. The van der Waals surface area contributed by atoms with Crippen molar-refractivity contribution in [3.05, 3.63) is 125 Å². The van der Waals surface area contributed by atoms with Crippen molar-refractivity contribution in [1.29, 1.82) is 0 Å². The minimum Gasteiger partial charge on any atom is -0.497 e. The van der Waals surface area contributed by atoms with E-state index in [1.165, 1.54) is 24.1 Å². The van der Waals surface area contributed by atoms with Gasteiger partial charge in [0, 0.05) is 24.0 Å². The van der Waals surface area contributed by atoms with Gasteiger partial charge in [0.1, 0.15) is 18.3 Å². The van der Waals surface area contributed by atoms with Gasteiger partial charge in [-0.3, -0.25) is 13.9 Å². The van der Waals surface area contributed by atoms with Gasteiger partial charge in [-0.05, 0) is 73.5 Å². The molecule has 0 aliphatic carbocycles. The summed E-state index contributed by atoms with van der Waals surface area (Å²) >= 11 is 6.28. The van der Waals surface area contributed by atoms with E-state index in [1.54, 1.807) is 60.7 Å². The number of carbonyl (C=O) groups excluding carboxylic acids is 2. The van der Waals surface area contributed by atoms with Gasteiger partial charge < -0.3 is 15.0 Å². The number of para-hydroxylation sites is 1. The van der Waals surface area contributed by atoms with E-state index in [0.717, 1.165) is 9.87 Å². The highest BCUT2D eigenvalue weighted by molar-refractivity contribution is 7.92. The largest absolute Gasteiger partial charge is 0.497 e. The fourth-order valence-corrected chi connectivity index (χ4v) is 6.39. The summed E-state index contributed by atoms with van der Waals surface area (Å²) in [5, 5.41) is 3.43. The second-order valence-electron chi connectivity index (χ2n) is 10.5. The predicted octanol–water partition coefficient (Wildman–Crippen LogP) is 5.71. The number of rotatable bonds is 13. The first-order valence-electron chi connectivity index (χ1n) is 14.2. The molecule has 0 bridgehead atoms. The van der Waals surface area contributed by atoms with E-state index in [-0.39, 0.29) is 29.8 Å². The molecule has 0 heterocycles. The van der Waals surface area contributed by atoms with Gasteiger partial charge in [-0.15, -0.1) is 0 Å². The lowest BCUT2D eigenvalue weighted by atomic mass is 10.0. The number of ether oxygens (including phenoxy) is 1. The first-order chi connectivity index (χ1) is 21.1. The first kappa shape index (κ1) is 32.6. The van der Waals surface area contributed by atoms with Gasteiger partial charge in [-0.2, -0.15) is 0 Å². The molecule has 0 fully saturated rings. The monoisotopic (exact) mass is 633 g/mol. The van der Waals surface area contributed by atoms with Crippen LogP contribution in [0.1, 0.15) is 25.0 Å². The van der Waals surface area contributed by atoms with Gasteiger partial charge in [0.15, 0.2) is 0 Å². The Morgan fingerprint density at radius 1 is 0.841 bits per heavy atom. The van der Waals surface area contributed by atoms with E-state index < -0.39 is 28.5 Å². The molecule has 0 saturated carbocycles. The Bertz CT molecular complexity index is 1650. The molecule has 0 aromatic heterocycles. The highest BCUT2D eigenvalue weighted by Gasteiger charge is 2.34. The fraction of sp³-hybridized carbons (Fsp3) is 0.235. The van der Waals surface area contributed by atoms with Crippen LogP contribution in [-0.4, -0.2) is 50.9 Å². The van der Waals surface area contributed by atoms with Crippen LogP contribution < -0.4 is 14.4 Å². The van der Waals surface area contributed by atoms with Gasteiger partial charge in [0.2, 0.25) is 11.8 Å². The molecular weight excluding hydrogens is 598 g/mol. The van der Waals surface area contributed by atoms with Crippen molar-refractivity contribution in [3.63, 3.8) is 0 Å². The van der Waals surface area contributed by atoms with Crippen LogP contribution in [-0.2, 0) is 32.6 Å². The zero-order valence-electron chi connectivity index (χ0n) is 24.9. The highest BCUT2D eigenvalue weighted by atomic mass is 35.5. The topological polar surface area (TPSA) is 96.0 Å². The van der Waals surface area contributed by atoms with Crippen molar-refractivity contribution in [2.75, 3.05) is 18.0 Å². The molecule has 0 aliphatic rings. The zero-order valence-corrected chi connectivity index (χ0v) is 26.5. The Kier molecular flexibility index (Phi) is 11.0. The number of nitrogens with one attached hydrogen (secondary N) is 1. The predicted molar refractivity (Wildman–Crippen MR) is 173 cm³/mol. The van der Waals surface area contributed by atoms with Gasteiger partial charge in [-0.1, -0.05) is 72.3 Å². The lowest BCUT2D eigenvalue weighted by Gasteiger charge is -2.34. The Labute approximate surface area is 264 Å². The van der Waals surface area contributed by atoms with Crippen molar-refractivity contribution in [3.8, 4) is 5.75 Å². The Morgan fingerprint density at radius 2 is 1.45 bits per heavy atom. The molecule has 10 heteroatoms. The molecule has 1 N–H and O–H groups in total. The van der Waals surface area contributed by atoms with Crippen molar-refractivity contribution in [2.24, 2.45) is 0 Å². The fourth-order valence-electron chi connectivity index (χ4n) is 4.76. The molecule has 0 unspecified atom stereocenters. The molecule has 0 aliphatic heterocycles. The molecule has 4 aromatic carbocycles. The summed E-state index contributed by atoms with van der Waals surface area (Å²) in [5.41, 5.74) is 1.86. The van der Waals surface area contributed by atoms with Crippen LogP contribution in [0.5, 0.6) is 5.75 Å². The van der Waals surface area contributed by atoms with E-state index >= 15 is 0 Å². The van der Waals surface area contributed by atoms with Crippen molar-refractivity contribution < 1.29 is 22.7 Å². The minimum absolute atomic E-state index is 0.00488. The normalized spacial score (nSPS) is 11.9. The van der Waals surface area contributed by atoms with Gasteiger partial charge in [0.05, 0.1) is 17.7 Å². The molecule has 230 valence electrons. The number of benzene rings is 4. The molecule has 0 saturated heterocycles. The van der Waals surface area contributed by atoms with E-state index in [4.69, 9.17) is 16.3 Å². The summed E-state index contributed by atoms with van der Waals surface area (Å²) in [4.78, 5) is 29.6. The second-order valence-corrected chi connectivity index (χ2v) is 12.8. The molecule has 44 heavy (non-hydrogen) atoms. The molecule has 4 aromatic rings. The molecule has 2 amide bonds. The lowest BCUT2D eigenvalue weighted by molar-refractivity contribution is -0.140. The summed E-state index contributed by atoms with van der Waals surface area (Å²) < 4.78 is 34.4. The lowest BCUT2D eigenvalue weighted by Crippen LogP contribution is -2.54. The molecule has 8 nitrogen and oxygen atoms in total. The molecule has 4 rings (SSSR count). The quantitative estimate of drug-likeness (QED) is 0.204. The van der Waals surface area contributed by atoms with E-state index in [1.807, 2.05) is 50.2 Å². The maximum absolute atomic E-state index is 14.4. The summed E-state index contributed by atoms with van der Waals surface area (Å²) in [5.74, 6) is -0.395. The van der Waals surface area contributed by atoms with Crippen LogP contribution in [0.25, 0.3) is 0 Å². The maximum atomic E-state index is 14.4. The molecule has 0 spiro atoms. The minimum atomic E-state index is -4.20. The third-order valence-electron chi connectivity index (χ3n) is 6.91. The average molecular weight is 634 g/mol. The summed E-state index contributed by atoms with van der Waals surface area (Å²) in [6.07, 6.45) is 0.224. The maximum Gasteiger partial charge on any atom is 0.264 e. The molecular formula is C34H36ClN3O5S. The van der Waals surface area contributed by atoms with Crippen LogP contribution in [0.4, 0.5) is 5.69 Å². The van der Waals surface area contributed by atoms with Gasteiger partial charge >= 0.3 is 0 Å². The number of sulfonamides is 1. The Hall–Kier alpha value is -4.34. The number of anilines is 1. The number of hydrogen-bond acceptors (Lipinski definition) is 5. The van der Waals surface area contributed by atoms with Gasteiger partial charge in [-0.25, -0.2) is 8.42 Å². The van der Waals surface area contributed by atoms with E-state index in [9.17, 15) is 18.0 Å². The van der Waals surface area contributed by atoms with Crippen LogP contribution in [0.15, 0.2) is 114 Å². The van der Waals surface area contributed by atoms with Gasteiger partial charge in [0.25, 0.3) is 10.0 Å². The van der Waals surface area contributed by atoms with E-state index in [0.29, 0.717) is 22.0 Å². The number of nitrogens with zero attached hydrogens (tertiary/aromatic N) is 2. The molecule has 1 atom stereocenters. The number of methoxy groups -OCH3 is 1. The SMILES string of the molecule is COc1ccc(S(=O)(=O)N(CC(=O)N(Cc2cccc(Cl)c2)[C@H](Cc2ccccc2)C(=O)NC(C)C)c2ccccc2)cc1. The standard InChI is InChI=1S/C34H36ClN3O5S/c1-25(2)36-34(40)32(22-26-11-6-4-7-12-26)37(23-27-13-10-14-28(35)21-27)33(39)24-38(29-15-8-5-9-16-29)44(41,42)31-19-17-30(43-3)18-20-31/h4-21,25,32H,22-24H2,1-3H3,(H,36,40)/t32-/m1/s1. The highest BCUT2D eigenvalue weighted by Crippen LogP contribution is 2.26. The Balaban J connectivity index is 1.78. The number of halogens is 1. The smallest absolute Gasteiger partial charge is 0.264 e. The average Bonchev–Trinajstić information content (AvgIpc) is 3.02. The van der Waals surface area contributed by atoms with Crippen LogP contribution in [0.2, 0.25) is 5.02 Å². The number of hydrogen-bond donors (Lipinski definition) is 1. The Morgan fingerprint density at radius 3 is 2.05 bits per heavy atom. The summed E-state index contributed by atoms with van der Waals surface area (Å²) in [6.45, 7) is 3.19. The number of amides is 2. The van der Waals surface area contributed by atoms with E-state index in [2.05, 4.69) is 5.32 Å². The van der Waals surface area contributed by atoms with Crippen LogP contribution in [0, 0.1) is 0 Å².